The van der Waals surface area contributed by atoms with Gasteiger partial charge < -0.3 is 30.9 Å². The average molecular weight is 792 g/mol. The van der Waals surface area contributed by atoms with Crippen LogP contribution in [0.2, 0.25) is 0 Å². The molecule has 5 fully saturated rings. The van der Waals surface area contributed by atoms with Crippen molar-refractivity contribution in [1.29, 1.82) is 0 Å². The van der Waals surface area contributed by atoms with Gasteiger partial charge in [0.25, 0.3) is 5.91 Å². The quantitative estimate of drug-likeness (QED) is 0.131. The third-order valence-corrected chi connectivity index (χ3v) is 16.1. The second-order valence-corrected chi connectivity index (χ2v) is 21.0. The van der Waals surface area contributed by atoms with Crippen molar-refractivity contribution < 1.29 is 37.1 Å². The number of methoxy groups -OCH3 is 1. The molecule has 4 N–H and O–H groups in total. The number of Topliss-reactive ketones (excluding diaryl/α,β-unsaturated/α-hetero) is 1. The number of sulfone groups is 1. The highest BCUT2D eigenvalue weighted by molar-refractivity contribution is 7.92. The predicted octanol–water partition coefficient (Wildman–Crippen LogP) is 4.44. The Morgan fingerprint density at radius 3 is 2.07 bits per heavy atom. The molecule has 1 aliphatic heterocycles. The van der Waals surface area contributed by atoms with Gasteiger partial charge in [0.05, 0.1) is 29.2 Å². The number of urea groups is 1. The average Bonchev–Trinajstić information content (AvgIpc) is 4.00. The number of hydrogen-bond acceptors (Lipinski definition) is 8. The summed E-state index contributed by atoms with van der Waals surface area (Å²) in [5.74, 6) is -1.70. The maximum absolute atomic E-state index is 14.7. The summed E-state index contributed by atoms with van der Waals surface area (Å²) in [6.07, 6.45) is 13.5. The zero-order chi connectivity index (χ0) is 40.8. The second-order valence-electron chi connectivity index (χ2n) is 18.4. The van der Waals surface area contributed by atoms with Crippen molar-refractivity contribution in [3.63, 3.8) is 0 Å². The SMILES string of the molecule is C=CCNC(=O)C(=O)CNC(=O)[C@@H]1[C@@H]2[C@H](CN1C(=O)[C@@H](NC(=O)NC1(CS(=O)(=O)C(C)(C)COC)CCCCC1)C1(C)CCCCC1)C2(C)C.CCC1CC1. The third kappa shape index (κ3) is 10.7. The van der Waals surface area contributed by atoms with Crippen molar-refractivity contribution in [3.8, 4) is 0 Å². The van der Waals surface area contributed by atoms with E-state index in [2.05, 4.69) is 48.6 Å². The highest BCUT2D eigenvalue weighted by Gasteiger charge is 2.70. The molecule has 312 valence electrons. The lowest BCUT2D eigenvalue weighted by Crippen LogP contribution is -2.65. The van der Waals surface area contributed by atoms with Gasteiger partial charge >= 0.3 is 6.03 Å². The molecule has 0 aromatic carbocycles. The van der Waals surface area contributed by atoms with Crippen LogP contribution < -0.4 is 21.3 Å². The van der Waals surface area contributed by atoms with Gasteiger partial charge in [-0.25, -0.2) is 13.2 Å². The van der Waals surface area contributed by atoms with Crippen molar-refractivity contribution in [2.24, 2.45) is 28.6 Å². The van der Waals surface area contributed by atoms with Crippen LogP contribution in [0.15, 0.2) is 12.7 Å². The van der Waals surface area contributed by atoms with Crippen LogP contribution in [-0.2, 0) is 33.8 Å². The zero-order valence-electron chi connectivity index (χ0n) is 34.5. The van der Waals surface area contributed by atoms with Crippen molar-refractivity contribution in [1.82, 2.24) is 26.2 Å². The summed E-state index contributed by atoms with van der Waals surface area (Å²) in [7, 11) is -2.24. The van der Waals surface area contributed by atoms with Gasteiger partial charge in [-0.2, -0.15) is 0 Å². The molecule has 1 heterocycles. The number of carbonyl (C=O) groups is 5. The number of nitrogens with zero attached hydrogens (tertiary/aromatic N) is 1. The molecule has 0 bridgehead atoms. The molecule has 0 spiro atoms. The molecular formula is C41H69N5O8S. The first-order valence-electron chi connectivity index (χ1n) is 20.6. The summed E-state index contributed by atoms with van der Waals surface area (Å²) in [4.78, 5) is 68.5. The summed E-state index contributed by atoms with van der Waals surface area (Å²) in [5.41, 5.74) is -1.80. The number of carbonyl (C=O) groups excluding carboxylic acids is 5. The molecule has 5 amide bonds. The van der Waals surface area contributed by atoms with E-state index in [9.17, 15) is 32.4 Å². The fraction of sp³-hybridized carbons (Fsp3) is 0.829. The molecule has 1 saturated heterocycles. The lowest BCUT2D eigenvalue weighted by Gasteiger charge is -2.44. The Kier molecular flexibility index (Phi) is 14.7. The van der Waals surface area contributed by atoms with Crippen LogP contribution in [0.4, 0.5) is 4.79 Å². The van der Waals surface area contributed by atoms with Gasteiger partial charge in [-0.3, -0.25) is 19.2 Å². The molecule has 0 radical (unpaired) electrons. The number of rotatable bonds is 16. The largest absolute Gasteiger partial charge is 0.383 e. The van der Waals surface area contributed by atoms with Crippen molar-refractivity contribution in [2.75, 3.05) is 39.1 Å². The molecular weight excluding hydrogens is 723 g/mol. The second kappa shape index (κ2) is 18.1. The van der Waals surface area contributed by atoms with Gasteiger partial charge in [-0.05, 0) is 68.1 Å². The fourth-order valence-corrected chi connectivity index (χ4v) is 11.0. The predicted molar refractivity (Wildman–Crippen MR) is 213 cm³/mol. The molecule has 13 nitrogen and oxygen atoms in total. The fourth-order valence-electron chi connectivity index (χ4n) is 9.24. The van der Waals surface area contributed by atoms with E-state index >= 15 is 0 Å². The summed E-state index contributed by atoms with van der Waals surface area (Å²) in [5, 5.41) is 11.1. The maximum atomic E-state index is 14.7. The molecule has 55 heavy (non-hydrogen) atoms. The van der Waals surface area contributed by atoms with E-state index in [1.54, 1.807) is 18.7 Å². The Morgan fingerprint density at radius 2 is 1.55 bits per heavy atom. The lowest BCUT2D eigenvalue weighted by atomic mass is 9.70. The molecule has 0 aromatic rings. The van der Waals surface area contributed by atoms with Crippen LogP contribution in [0.25, 0.3) is 0 Å². The van der Waals surface area contributed by atoms with E-state index in [0.29, 0.717) is 32.2 Å². The number of nitrogens with one attached hydrogen (secondary N) is 4. The molecule has 5 aliphatic rings. The maximum Gasteiger partial charge on any atom is 0.315 e. The topological polar surface area (TPSA) is 180 Å². The van der Waals surface area contributed by atoms with Gasteiger partial charge in [0.2, 0.25) is 17.6 Å². The van der Waals surface area contributed by atoms with E-state index < -0.39 is 67.8 Å². The number of fused-ring (bicyclic) bond motifs is 1. The smallest absolute Gasteiger partial charge is 0.315 e. The number of ketones is 1. The highest BCUT2D eigenvalue weighted by Crippen LogP contribution is 2.65. The van der Waals surface area contributed by atoms with Crippen LogP contribution in [-0.4, -0.2) is 104 Å². The molecule has 0 aromatic heterocycles. The van der Waals surface area contributed by atoms with E-state index in [4.69, 9.17) is 4.74 Å². The normalized spacial score (nSPS) is 25.5. The summed E-state index contributed by atoms with van der Waals surface area (Å²) in [6.45, 7) is 15.1. The van der Waals surface area contributed by atoms with Crippen LogP contribution >= 0.6 is 0 Å². The van der Waals surface area contributed by atoms with Gasteiger partial charge in [0, 0.05) is 20.2 Å². The number of hydrogen-bond donors (Lipinski definition) is 4. The van der Waals surface area contributed by atoms with Crippen molar-refractivity contribution in [3.05, 3.63) is 12.7 Å². The number of piperidine rings is 1. The van der Waals surface area contributed by atoms with Crippen molar-refractivity contribution in [2.45, 2.75) is 147 Å². The van der Waals surface area contributed by atoms with Crippen LogP contribution in [0.3, 0.4) is 0 Å². The Morgan fingerprint density at radius 1 is 0.945 bits per heavy atom. The number of amides is 5. The molecule has 4 saturated carbocycles. The number of ether oxygens (including phenoxy) is 1. The van der Waals surface area contributed by atoms with Gasteiger partial charge in [0.15, 0.2) is 9.84 Å². The zero-order valence-corrected chi connectivity index (χ0v) is 35.3. The van der Waals surface area contributed by atoms with Crippen LogP contribution in [0, 0.1) is 28.6 Å². The first-order valence-corrected chi connectivity index (χ1v) is 22.2. The molecule has 4 atom stereocenters. The first kappa shape index (κ1) is 44.7. The molecule has 4 aliphatic carbocycles. The summed E-state index contributed by atoms with van der Waals surface area (Å²) in [6, 6.07) is -2.44. The Bertz CT molecular complexity index is 1530. The first-order chi connectivity index (χ1) is 25.8. The minimum atomic E-state index is -3.71. The Labute approximate surface area is 329 Å². The van der Waals surface area contributed by atoms with E-state index in [-0.39, 0.29) is 42.1 Å². The van der Waals surface area contributed by atoms with Crippen LogP contribution in [0.5, 0.6) is 0 Å². The highest BCUT2D eigenvalue weighted by atomic mass is 32.2. The lowest BCUT2D eigenvalue weighted by molar-refractivity contribution is -0.145. The monoisotopic (exact) mass is 791 g/mol. The summed E-state index contributed by atoms with van der Waals surface area (Å²) >= 11 is 0. The molecule has 14 heteroatoms. The minimum absolute atomic E-state index is 0.0204. The van der Waals surface area contributed by atoms with E-state index in [0.717, 1.165) is 44.4 Å². The third-order valence-electron chi connectivity index (χ3n) is 13.3. The van der Waals surface area contributed by atoms with Gasteiger partial charge in [-0.1, -0.05) is 91.6 Å². The number of likely N-dealkylation sites (tertiary alicyclic amines) is 1. The van der Waals surface area contributed by atoms with Crippen LogP contribution in [0.1, 0.15) is 125 Å². The van der Waals surface area contributed by atoms with E-state index in [1.807, 2.05) is 6.92 Å². The summed E-state index contributed by atoms with van der Waals surface area (Å²) < 4.78 is 31.4. The molecule has 5 rings (SSSR count). The van der Waals surface area contributed by atoms with Gasteiger partial charge in [-0.15, -0.1) is 6.58 Å². The van der Waals surface area contributed by atoms with E-state index in [1.165, 1.54) is 32.4 Å². The molecule has 0 unspecified atom stereocenters. The van der Waals surface area contributed by atoms with Crippen molar-refractivity contribution >= 4 is 39.4 Å². The Balaban J connectivity index is 0.00000124. The standard InChI is InChI=1S/C36H59N5O8S.C5H10/c1-8-19-37-29(43)25(42)20-38-30(44)27-26-24(34(26,4)5)21-41(27)31(45)28(35(6)15-11-9-12-16-35)39-32(46)40-36(17-13-10-14-18-36)23-50(47,48)33(2,3)22-49-7;1-2-5-3-4-5/h8,24,26-28H,1,9-23H2,2-7H3,(H,37,43)(H,38,44)(H2,39,40,46);5H,2-4H2,1H3/t24-,26-,27-,28+;/m0./s1. The Hall–Kier alpha value is -3.00. The van der Waals surface area contributed by atoms with Gasteiger partial charge in [0.1, 0.15) is 12.1 Å². The minimum Gasteiger partial charge on any atom is -0.383 e.